The van der Waals surface area contributed by atoms with Crippen LogP contribution in [0.1, 0.15) is 0 Å². The molecule has 5 N–H and O–H groups in total. The zero-order chi connectivity index (χ0) is 12.0. The fourth-order valence-corrected chi connectivity index (χ4v) is 1.22. The van der Waals surface area contributed by atoms with Crippen LogP contribution in [-0.4, -0.2) is 30.2 Å². The second-order valence-electron chi connectivity index (χ2n) is 3.18. The molecule has 0 saturated heterocycles. The molecule has 1 rings (SSSR count). The molecule has 0 aliphatic carbocycles. The number of rotatable bonds is 5. The predicted octanol–water partition coefficient (Wildman–Crippen LogP) is 0.0182. The monoisotopic (exact) mass is 222 g/mol. The summed E-state index contributed by atoms with van der Waals surface area (Å²) in [7, 11) is 0. The number of guanidine groups is 1. The van der Waals surface area contributed by atoms with E-state index in [4.69, 9.17) is 16.2 Å². The van der Waals surface area contributed by atoms with Gasteiger partial charge in [0.25, 0.3) is 0 Å². The standard InChI is InChI=1S/C10H14N4O2/c11-10(12)13-7-14(6-9(15)16)8-4-2-1-3-5-8/h1-5H,6-7H2,(H,15,16)(H4,11,12,13). The van der Waals surface area contributed by atoms with E-state index in [1.807, 2.05) is 18.2 Å². The summed E-state index contributed by atoms with van der Waals surface area (Å²) < 4.78 is 0. The number of aliphatic carboxylic acids is 1. The van der Waals surface area contributed by atoms with E-state index in [9.17, 15) is 4.79 Å². The zero-order valence-electron chi connectivity index (χ0n) is 8.68. The van der Waals surface area contributed by atoms with Crippen LogP contribution in [0, 0.1) is 5.41 Å². The second-order valence-corrected chi connectivity index (χ2v) is 3.18. The Morgan fingerprint density at radius 3 is 2.56 bits per heavy atom. The van der Waals surface area contributed by atoms with E-state index in [-0.39, 0.29) is 19.2 Å². The lowest BCUT2D eigenvalue weighted by atomic mass is 10.3. The average molecular weight is 222 g/mol. The first-order valence-corrected chi connectivity index (χ1v) is 4.69. The first kappa shape index (κ1) is 11.8. The summed E-state index contributed by atoms with van der Waals surface area (Å²) in [5.41, 5.74) is 5.91. The van der Waals surface area contributed by atoms with Gasteiger partial charge >= 0.3 is 5.97 Å². The van der Waals surface area contributed by atoms with E-state index in [0.29, 0.717) is 0 Å². The highest BCUT2D eigenvalue weighted by Gasteiger charge is 2.09. The van der Waals surface area contributed by atoms with Gasteiger partial charge in [0.2, 0.25) is 0 Å². The fourth-order valence-electron chi connectivity index (χ4n) is 1.22. The van der Waals surface area contributed by atoms with Crippen LogP contribution >= 0.6 is 0 Å². The molecule has 0 unspecified atom stereocenters. The molecular formula is C10H14N4O2. The SMILES string of the molecule is N=C(N)NCN(CC(=O)O)c1ccccc1. The van der Waals surface area contributed by atoms with Gasteiger partial charge in [0.05, 0.1) is 6.67 Å². The summed E-state index contributed by atoms with van der Waals surface area (Å²) in [5, 5.41) is 18.4. The molecule has 0 saturated carbocycles. The second kappa shape index (κ2) is 5.59. The number of carboxylic acid groups (broad SMARTS) is 1. The minimum absolute atomic E-state index is 0.149. The minimum atomic E-state index is -0.936. The zero-order valence-corrected chi connectivity index (χ0v) is 8.68. The summed E-state index contributed by atoms with van der Waals surface area (Å²) in [4.78, 5) is 12.2. The Morgan fingerprint density at radius 1 is 1.44 bits per heavy atom. The molecule has 0 aliphatic rings. The van der Waals surface area contributed by atoms with Gasteiger partial charge in [0.1, 0.15) is 6.54 Å². The lowest BCUT2D eigenvalue weighted by Gasteiger charge is -2.23. The Labute approximate surface area is 93.2 Å². The molecule has 0 bridgehead atoms. The smallest absolute Gasteiger partial charge is 0.323 e. The Kier molecular flexibility index (Phi) is 4.14. The molecule has 0 fully saturated rings. The van der Waals surface area contributed by atoms with Crippen molar-refractivity contribution in [3.05, 3.63) is 30.3 Å². The molecule has 16 heavy (non-hydrogen) atoms. The quantitative estimate of drug-likeness (QED) is 0.319. The number of hydrogen-bond donors (Lipinski definition) is 4. The Balaban J connectivity index is 2.71. The molecule has 0 atom stereocenters. The van der Waals surface area contributed by atoms with Crippen molar-refractivity contribution in [3.8, 4) is 0 Å². The van der Waals surface area contributed by atoms with E-state index in [0.717, 1.165) is 5.69 Å². The van der Waals surface area contributed by atoms with E-state index in [1.54, 1.807) is 17.0 Å². The minimum Gasteiger partial charge on any atom is -0.480 e. The van der Waals surface area contributed by atoms with Crippen LogP contribution in [0.5, 0.6) is 0 Å². The van der Waals surface area contributed by atoms with Crippen LogP contribution in [0.25, 0.3) is 0 Å². The van der Waals surface area contributed by atoms with Crippen LogP contribution < -0.4 is 16.0 Å². The topological polar surface area (TPSA) is 102 Å². The lowest BCUT2D eigenvalue weighted by Crippen LogP contribution is -2.42. The molecule has 0 aliphatic heterocycles. The number of carboxylic acids is 1. The van der Waals surface area contributed by atoms with Crippen LogP contribution in [0.3, 0.4) is 0 Å². The molecule has 6 nitrogen and oxygen atoms in total. The highest BCUT2D eigenvalue weighted by molar-refractivity contribution is 5.76. The maximum absolute atomic E-state index is 10.7. The number of hydrogen-bond acceptors (Lipinski definition) is 3. The molecule has 0 aromatic heterocycles. The van der Waals surface area contributed by atoms with Crippen LogP contribution in [0.4, 0.5) is 5.69 Å². The van der Waals surface area contributed by atoms with Crippen molar-refractivity contribution in [1.82, 2.24) is 5.32 Å². The predicted molar refractivity (Wildman–Crippen MR) is 61.3 cm³/mol. The summed E-state index contributed by atoms with van der Waals surface area (Å²) in [6, 6.07) is 9.08. The van der Waals surface area contributed by atoms with E-state index in [1.165, 1.54) is 0 Å². The van der Waals surface area contributed by atoms with Gasteiger partial charge in [-0.2, -0.15) is 0 Å². The van der Waals surface area contributed by atoms with Crippen molar-refractivity contribution in [2.75, 3.05) is 18.1 Å². The van der Waals surface area contributed by atoms with Gasteiger partial charge in [0.15, 0.2) is 5.96 Å². The molecule has 0 radical (unpaired) electrons. The van der Waals surface area contributed by atoms with Crippen LogP contribution in [0.15, 0.2) is 30.3 Å². The van der Waals surface area contributed by atoms with E-state index < -0.39 is 5.97 Å². The highest BCUT2D eigenvalue weighted by atomic mass is 16.4. The Morgan fingerprint density at radius 2 is 2.06 bits per heavy atom. The first-order valence-electron chi connectivity index (χ1n) is 4.69. The van der Waals surface area contributed by atoms with E-state index >= 15 is 0 Å². The summed E-state index contributed by atoms with van der Waals surface area (Å²) in [6.07, 6.45) is 0. The average Bonchev–Trinajstić information content (AvgIpc) is 2.25. The third-order valence-electron chi connectivity index (χ3n) is 1.91. The van der Waals surface area contributed by atoms with Gasteiger partial charge in [-0.15, -0.1) is 0 Å². The highest BCUT2D eigenvalue weighted by Crippen LogP contribution is 2.11. The molecular weight excluding hydrogens is 208 g/mol. The van der Waals surface area contributed by atoms with Crippen molar-refractivity contribution >= 4 is 17.6 Å². The van der Waals surface area contributed by atoms with Gasteiger partial charge in [-0.1, -0.05) is 18.2 Å². The van der Waals surface area contributed by atoms with Gasteiger partial charge in [-0.3, -0.25) is 10.2 Å². The molecule has 0 heterocycles. The van der Waals surface area contributed by atoms with Crippen molar-refractivity contribution < 1.29 is 9.90 Å². The van der Waals surface area contributed by atoms with Gasteiger partial charge in [0, 0.05) is 5.69 Å². The largest absolute Gasteiger partial charge is 0.480 e. The summed E-state index contributed by atoms with van der Waals surface area (Å²) in [6.45, 7) is 0.0376. The number of nitrogens with zero attached hydrogens (tertiary/aromatic N) is 1. The normalized spacial score (nSPS) is 9.50. The molecule has 1 aromatic rings. The van der Waals surface area contributed by atoms with Crippen LogP contribution in [-0.2, 0) is 4.79 Å². The van der Waals surface area contributed by atoms with Crippen molar-refractivity contribution in [1.29, 1.82) is 5.41 Å². The van der Waals surface area contributed by atoms with Crippen molar-refractivity contribution in [3.63, 3.8) is 0 Å². The van der Waals surface area contributed by atoms with E-state index in [2.05, 4.69) is 5.32 Å². The maximum Gasteiger partial charge on any atom is 0.323 e. The number of nitrogens with one attached hydrogen (secondary N) is 2. The van der Waals surface area contributed by atoms with Crippen molar-refractivity contribution in [2.24, 2.45) is 5.73 Å². The number of carbonyl (C=O) groups is 1. The molecule has 0 amide bonds. The van der Waals surface area contributed by atoms with Crippen LogP contribution in [0.2, 0.25) is 0 Å². The first-order chi connectivity index (χ1) is 7.59. The summed E-state index contributed by atoms with van der Waals surface area (Å²) >= 11 is 0. The summed E-state index contributed by atoms with van der Waals surface area (Å²) in [5.74, 6) is -1.12. The van der Waals surface area contributed by atoms with Gasteiger partial charge in [-0.05, 0) is 12.1 Å². The number of anilines is 1. The molecule has 6 heteroatoms. The Hall–Kier alpha value is -2.24. The number of nitrogens with two attached hydrogens (primary N) is 1. The third-order valence-corrected chi connectivity index (χ3v) is 1.91. The van der Waals surface area contributed by atoms with Crippen molar-refractivity contribution in [2.45, 2.75) is 0 Å². The van der Waals surface area contributed by atoms with Gasteiger partial charge < -0.3 is 21.1 Å². The maximum atomic E-state index is 10.7. The number of benzene rings is 1. The molecule has 86 valence electrons. The Bertz CT molecular complexity index is 366. The molecule has 0 spiro atoms. The fraction of sp³-hybridized carbons (Fsp3) is 0.200. The third kappa shape index (κ3) is 3.87. The lowest BCUT2D eigenvalue weighted by molar-refractivity contribution is -0.135. The molecule has 1 aromatic carbocycles. The van der Waals surface area contributed by atoms with Gasteiger partial charge in [-0.25, -0.2) is 0 Å². The number of para-hydroxylation sites is 1.